The molecule has 1 aromatic carbocycles. The van der Waals surface area contributed by atoms with Crippen LogP contribution in [0.4, 0.5) is 11.4 Å². The van der Waals surface area contributed by atoms with Gasteiger partial charge >= 0.3 is 0 Å². The summed E-state index contributed by atoms with van der Waals surface area (Å²) in [4.78, 5) is 12.6. The maximum absolute atomic E-state index is 10.6. The monoisotopic (exact) mass is 248 g/mol. The van der Waals surface area contributed by atoms with Gasteiger partial charge in [-0.2, -0.15) is 0 Å². The van der Waals surface area contributed by atoms with Crippen LogP contribution in [0.1, 0.15) is 25.7 Å². The number of fused-ring (bicyclic) bond motifs is 2. The van der Waals surface area contributed by atoms with Crippen molar-refractivity contribution in [3.63, 3.8) is 0 Å². The fourth-order valence-corrected chi connectivity index (χ4v) is 3.32. The second-order valence-corrected chi connectivity index (χ2v) is 5.19. The molecule has 1 aromatic rings. The molecule has 2 unspecified atom stereocenters. The van der Waals surface area contributed by atoms with Crippen LogP contribution in [0.5, 0.6) is 0 Å². The first kappa shape index (κ1) is 11.5. The van der Waals surface area contributed by atoms with Crippen LogP contribution < -0.4 is 4.90 Å². The number of nitro benzene ring substituents is 1. The van der Waals surface area contributed by atoms with Crippen LogP contribution in [-0.2, 0) is 0 Å². The topological polar surface area (TPSA) is 66.6 Å². The third-order valence-corrected chi connectivity index (χ3v) is 4.07. The summed E-state index contributed by atoms with van der Waals surface area (Å²) in [5.74, 6) is 0. The Morgan fingerprint density at radius 3 is 2.22 bits per heavy atom. The standard InChI is InChI=1S/C13H16N2O3/c16-13-7-11-5-6-12(8-13)14(11)9-1-3-10(4-2-9)15(17)18/h1-4,11-13,16H,5-8H2. The zero-order valence-corrected chi connectivity index (χ0v) is 10.0. The lowest BCUT2D eigenvalue weighted by molar-refractivity contribution is -0.384. The minimum atomic E-state index is -0.377. The first-order valence-electron chi connectivity index (χ1n) is 6.36. The van der Waals surface area contributed by atoms with Gasteiger partial charge in [-0.15, -0.1) is 0 Å². The molecule has 1 N–H and O–H groups in total. The Balaban J connectivity index is 1.85. The van der Waals surface area contributed by atoms with Gasteiger partial charge in [0, 0.05) is 29.9 Å². The summed E-state index contributed by atoms with van der Waals surface area (Å²) in [6.07, 6.45) is 3.66. The summed E-state index contributed by atoms with van der Waals surface area (Å²) in [5.41, 5.74) is 1.17. The number of hydrogen-bond acceptors (Lipinski definition) is 4. The lowest BCUT2D eigenvalue weighted by atomic mass is 9.99. The summed E-state index contributed by atoms with van der Waals surface area (Å²) in [6, 6.07) is 7.53. The average Bonchev–Trinajstić information content (AvgIpc) is 2.62. The molecule has 96 valence electrons. The Morgan fingerprint density at radius 1 is 1.17 bits per heavy atom. The van der Waals surface area contributed by atoms with E-state index in [1.54, 1.807) is 12.1 Å². The second-order valence-electron chi connectivity index (χ2n) is 5.19. The highest BCUT2D eigenvalue weighted by atomic mass is 16.6. The van der Waals surface area contributed by atoms with Gasteiger partial charge in [0.05, 0.1) is 11.0 Å². The highest BCUT2D eigenvalue weighted by Gasteiger charge is 2.40. The molecule has 3 rings (SSSR count). The Hall–Kier alpha value is -1.62. The van der Waals surface area contributed by atoms with Crippen molar-refractivity contribution in [2.24, 2.45) is 0 Å². The molecule has 2 fully saturated rings. The summed E-state index contributed by atoms with van der Waals surface area (Å²) in [5, 5.41) is 20.4. The molecule has 2 atom stereocenters. The summed E-state index contributed by atoms with van der Waals surface area (Å²) in [7, 11) is 0. The number of piperidine rings is 1. The summed E-state index contributed by atoms with van der Waals surface area (Å²) >= 11 is 0. The Kier molecular flexibility index (Phi) is 2.70. The largest absolute Gasteiger partial charge is 0.393 e. The quantitative estimate of drug-likeness (QED) is 0.642. The van der Waals surface area contributed by atoms with Crippen molar-refractivity contribution in [3.05, 3.63) is 34.4 Å². The number of non-ortho nitro benzene ring substituents is 1. The molecule has 0 amide bonds. The molecular formula is C13H16N2O3. The number of nitrogens with zero attached hydrogens (tertiary/aromatic N) is 2. The van der Waals surface area contributed by atoms with Crippen LogP contribution in [0.15, 0.2) is 24.3 Å². The highest BCUT2D eigenvalue weighted by Crippen LogP contribution is 2.39. The van der Waals surface area contributed by atoms with Crippen molar-refractivity contribution in [1.82, 2.24) is 0 Å². The molecule has 0 spiro atoms. The van der Waals surface area contributed by atoms with E-state index in [0.29, 0.717) is 12.1 Å². The number of benzene rings is 1. The molecule has 5 nitrogen and oxygen atoms in total. The molecule has 0 aliphatic carbocycles. The van der Waals surface area contributed by atoms with Gasteiger partial charge in [0.15, 0.2) is 0 Å². The molecule has 2 bridgehead atoms. The fraction of sp³-hybridized carbons (Fsp3) is 0.538. The molecule has 0 radical (unpaired) electrons. The van der Waals surface area contributed by atoms with Crippen molar-refractivity contribution in [2.45, 2.75) is 43.9 Å². The van der Waals surface area contributed by atoms with Gasteiger partial charge in [-0.25, -0.2) is 0 Å². The number of hydrogen-bond donors (Lipinski definition) is 1. The van der Waals surface area contributed by atoms with Crippen LogP contribution >= 0.6 is 0 Å². The zero-order chi connectivity index (χ0) is 12.7. The van der Waals surface area contributed by atoms with Crippen LogP contribution in [0.2, 0.25) is 0 Å². The molecule has 2 saturated heterocycles. The first-order chi connectivity index (χ1) is 8.65. The maximum atomic E-state index is 10.6. The minimum Gasteiger partial charge on any atom is -0.393 e. The van der Waals surface area contributed by atoms with E-state index in [0.717, 1.165) is 31.4 Å². The summed E-state index contributed by atoms with van der Waals surface area (Å²) in [6.45, 7) is 0. The van der Waals surface area contributed by atoms with Gasteiger partial charge in [0.1, 0.15) is 0 Å². The van der Waals surface area contributed by atoms with Crippen LogP contribution in [0, 0.1) is 10.1 Å². The third-order valence-electron chi connectivity index (χ3n) is 4.07. The van der Waals surface area contributed by atoms with Gasteiger partial charge in [0.25, 0.3) is 5.69 Å². The fourth-order valence-electron chi connectivity index (χ4n) is 3.32. The highest BCUT2D eigenvalue weighted by molar-refractivity contribution is 5.54. The molecular weight excluding hydrogens is 232 g/mol. The summed E-state index contributed by atoms with van der Waals surface area (Å²) < 4.78 is 0. The molecule has 5 heteroatoms. The van der Waals surface area contributed by atoms with E-state index in [9.17, 15) is 15.2 Å². The van der Waals surface area contributed by atoms with E-state index in [4.69, 9.17) is 0 Å². The predicted octanol–water partition coefficient (Wildman–Crippen LogP) is 2.09. The molecule has 2 aliphatic rings. The third kappa shape index (κ3) is 1.84. The molecule has 2 heterocycles. The van der Waals surface area contributed by atoms with Gasteiger partial charge < -0.3 is 10.0 Å². The SMILES string of the molecule is O=[N+]([O-])c1ccc(N2C3CCC2CC(O)C3)cc1. The maximum Gasteiger partial charge on any atom is 0.269 e. The second kappa shape index (κ2) is 4.24. The lowest BCUT2D eigenvalue weighted by Crippen LogP contribution is -2.44. The van der Waals surface area contributed by atoms with Crippen LogP contribution in [0.25, 0.3) is 0 Å². The minimum absolute atomic E-state index is 0.128. The Labute approximate surface area is 105 Å². The number of aliphatic hydroxyl groups is 1. The van der Waals surface area contributed by atoms with Crippen LogP contribution in [-0.4, -0.2) is 28.2 Å². The van der Waals surface area contributed by atoms with Gasteiger partial charge in [-0.3, -0.25) is 10.1 Å². The molecule has 0 aromatic heterocycles. The van der Waals surface area contributed by atoms with Crippen molar-refractivity contribution in [2.75, 3.05) is 4.90 Å². The van der Waals surface area contributed by atoms with Crippen molar-refractivity contribution in [1.29, 1.82) is 0 Å². The van der Waals surface area contributed by atoms with E-state index in [1.165, 1.54) is 0 Å². The number of aliphatic hydroxyl groups excluding tert-OH is 1. The first-order valence-corrected chi connectivity index (χ1v) is 6.36. The Bertz CT molecular complexity index is 446. The molecule has 0 saturated carbocycles. The van der Waals surface area contributed by atoms with Gasteiger partial charge in [-0.05, 0) is 37.8 Å². The van der Waals surface area contributed by atoms with Gasteiger partial charge in [0.2, 0.25) is 0 Å². The van der Waals surface area contributed by atoms with Crippen LogP contribution in [0.3, 0.4) is 0 Å². The smallest absolute Gasteiger partial charge is 0.269 e. The van der Waals surface area contributed by atoms with E-state index >= 15 is 0 Å². The van der Waals surface area contributed by atoms with Crippen molar-refractivity contribution in [3.8, 4) is 0 Å². The predicted molar refractivity (Wildman–Crippen MR) is 67.6 cm³/mol. The van der Waals surface area contributed by atoms with Gasteiger partial charge in [-0.1, -0.05) is 0 Å². The lowest BCUT2D eigenvalue weighted by Gasteiger charge is -2.39. The van der Waals surface area contributed by atoms with Crippen molar-refractivity contribution < 1.29 is 10.0 Å². The normalized spacial score (nSPS) is 30.5. The van der Waals surface area contributed by atoms with Crippen molar-refractivity contribution >= 4 is 11.4 Å². The molecule has 2 aliphatic heterocycles. The van der Waals surface area contributed by atoms with E-state index in [1.807, 2.05) is 12.1 Å². The molecule has 18 heavy (non-hydrogen) atoms. The zero-order valence-electron chi connectivity index (χ0n) is 10.0. The van der Waals surface area contributed by atoms with E-state index < -0.39 is 0 Å². The number of anilines is 1. The van der Waals surface area contributed by atoms with E-state index in [-0.39, 0.29) is 16.7 Å². The number of nitro groups is 1. The number of rotatable bonds is 2. The Morgan fingerprint density at radius 2 is 1.72 bits per heavy atom. The van der Waals surface area contributed by atoms with E-state index in [2.05, 4.69) is 4.90 Å². The average molecular weight is 248 g/mol.